The first-order chi connectivity index (χ1) is 8.09. The van der Waals surface area contributed by atoms with Gasteiger partial charge in [0, 0.05) is 17.4 Å². The SMILES string of the molecule is CC(C)c1ccc(C(Br)C2CCOC2C)cc1. The molecule has 17 heavy (non-hydrogen) atoms. The third-order valence-electron chi connectivity index (χ3n) is 3.73. The van der Waals surface area contributed by atoms with Crippen LogP contribution in [-0.2, 0) is 4.74 Å². The number of ether oxygens (including phenoxy) is 1. The highest BCUT2D eigenvalue weighted by molar-refractivity contribution is 9.09. The lowest BCUT2D eigenvalue weighted by molar-refractivity contribution is 0.105. The lowest BCUT2D eigenvalue weighted by Crippen LogP contribution is -2.16. The maximum absolute atomic E-state index is 5.64. The molecule has 0 spiro atoms. The number of rotatable bonds is 3. The Balaban J connectivity index is 2.11. The summed E-state index contributed by atoms with van der Waals surface area (Å²) in [6, 6.07) is 8.99. The zero-order chi connectivity index (χ0) is 12.4. The molecule has 94 valence electrons. The molecule has 1 fully saturated rings. The largest absolute Gasteiger partial charge is 0.378 e. The second-order valence-corrected chi connectivity index (χ2v) is 6.24. The number of halogens is 1. The number of hydrogen-bond donors (Lipinski definition) is 0. The van der Waals surface area contributed by atoms with Crippen LogP contribution >= 0.6 is 15.9 Å². The van der Waals surface area contributed by atoms with Crippen molar-refractivity contribution in [2.24, 2.45) is 5.92 Å². The van der Waals surface area contributed by atoms with Gasteiger partial charge in [-0.2, -0.15) is 0 Å². The predicted octanol–water partition coefficient (Wildman–Crippen LogP) is 4.67. The van der Waals surface area contributed by atoms with Crippen molar-refractivity contribution >= 4 is 15.9 Å². The van der Waals surface area contributed by atoms with E-state index in [-0.39, 0.29) is 0 Å². The number of alkyl halides is 1. The molecule has 0 radical (unpaired) electrons. The fourth-order valence-corrected chi connectivity index (χ4v) is 3.44. The molecule has 0 saturated carbocycles. The van der Waals surface area contributed by atoms with Crippen LogP contribution in [0.4, 0.5) is 0 Å². The molecule has 0 aromatic heterocycles. The van der Waals surface area contributed by atoms with Crippen molar-refractivity contribution in [2.75, 3.05) is 6.61 Å². The van der Waals surface area contributed by atoms with E-state index in [1.54, 1.807) is 0 Å². The zero-order valence-corrected chi connectivity index (χ0v) is 12.4. The van der Waals surface area contributed by atoms with E-state index < -0.39 is 0 Å². The van der Waals surface area contributed by atoms with E-state index in [1.165, 1.54) is 11.1 Å². The molecule has 0 N–H and O–H groups in total. The summed E-state index contributed by atoms with van der Waals surface area (Å²) in [5, 5.41) is 0. The molecular weight excluding hydrogens is 276 g/mol. The van der Waals surface area contributed by atoms with Crippen LogP contribution in [-0.4, -0.2) is 12.7 Å². The second kappa shape index (κ2) is 5.53. The highest BCUT2D eigenvalue weighted by Gasteiger charge is 2.31. The summed E-state index contributed by atoms with van der Waals surface area (Å²) in [5.74, 6) is 1.20. The quantitative estimate of drug-likeness (QED) is 0.737. The Morgan fingerprint density at radius 3 is 2.24 bits per heavy atom. The second-order valence-electron chi connectivity index (χ2n) is 5.25. The number of benzene rings is 1. The summed E-state index contributed by atoms with van der Waals surface area (Å²) >= 11 is 3.83. The van der Waals surface area contributed by atoms with Gasteiger partial charge >= 0.3 is 0 Å². The molecular formula is C15H21BrO. The summed E-state index contributed by atoms with van der Waals surface area (Å²) in [6.07, 6.45) is 1.52. The smallest absolute Gasteiger partial charge is 0.0589 e. The minimum Gasteiger partial charge on any atom is -0.378 e. The van der Waals surface area contributed by atoms with E-state index in [9.17, 15) is 0 Å². The minimum absolute atomic E-state index is 0.365. The van der Waals surface area contributed by atoms with E-state index in [1.807, 2.05) is 0 Å². The van der Waals surface area contributed by atoms with Gasteiger partial charge in [0.15, 0.2) is 0 Å². The third kappa shape index (κ3) is 2.92. The van der Waals surface area contributed by atoms with Gasteiger partial charge in [-0.25, -0.2) is 0 Å². The Morgan fingerprint density at radius 1 is 1.18 bits per heavy atom. The van der Waals surface area contributed by atoms with Crippen molar-refractivity contribution in [1.82, 2.24) is 0 Å². The molecule has 2 rings (SSSR count). The Hall–Kier alpha value is -0.340. The van der Waals surface area contributed by atoms with Crippen LogP contribution in [0, 0.1) is 5.92 Å². The van der Waals surface area contributed by atoms with Crippen LogP contribution < -0.4 is 0 Å². The van der Waals surface area contributed by atoms with Crippen LogP contribution in [0.5, 0.6) is 0 Å². The molecule has 1 aromatic carbocycles. The van der Waals surface area contributed by atoms with E-state index in [4.69, 9.17) is 4.74 Å². The van der Waals surface area contributed by atoms with Gasteiger partial charge in [0.1, 0.15) is 0 Å². The van der Waals surface area contributed by atoms with Gasteiger partial charge in [0.2, 0.25) is 0 Å². The van der Waals surface area contributed by atoms with Crippen molar-refractivity contribution in [1.29, 1.82) is 0 Å². The first-order valence-electron chi connectivity index (χ1n) is 6.45. The molecule has 1 nitrogen and oxygen atoms in total. The number of hydrogen-bond acceptors (Lipinski definition) is 1. The van der Waals surface area contributed by atoms with E-state index in [2.05, 4.69) is 61.0 Å². The van der Waals surface area contributed by atoms with Crippen molar-refractivity contribution in [2.45, 2.75) is 44.0 Å². The molecule has 1 aromatic rings. The van der Waals surface area contributed by atoms with Gasteiger partial charge < -0.3 is 4.74 Å². The van der Waals surface area contributed by atoms with Crippen molar-refractivity contribution in [3.05, 3.63) is 35.4 Å². The molecule has 0 bridgehead atoms. The zero-order valence-electron chi connectivity index (χ0n) is 10.8. The lowest BCUT2D eigenvalue weighted by atomic mass is 9.92. The van der Waals surface area contributed by atoms with Gasteiger partial charge in [-0.05, 0) is 30.4 Å². The Bertz CT molecular complexity index is 358. The van der Waals surface area contributed by atoms with E-state index >= 15 is 0 Å². The summed E-state index contributed by atoms with van der Waals surface area (Å²) in [7, 11) is 0. The molecule has 3 unspecified atom stereocenters. The minimum atomic E-state index is 0.365. The van der Waals surface area contributed by atoms with Crippen molar-refractivity contribution in [3.8, 4) is 0 Å². The first kappa shape index (κ1) is 13.1. The van der Waals surface area contributed by atoms with Gasteiger partial charge in [-0.15, -0.1) is 0 Å². The Kier molecular flexibility index (Phi) is 4.26. The maximum atomic E-state index is 5.64. The lowest BCUT2D eigenvalue weighted by Gasteiger charge is -2.21. The fourth-order valence-electron chi connectivity index (χ4n) is 2.44. The Labute approximate surface area is 113 Å². The molecule has 1 aliphatic rings. The fraction of sp³-hybridized carbons (Fsp3) is 0.600. The van der Waals surface area contributed by atoms with Gasteiger partial charge in [-0.3, -0.25) is 0 Å². The topological polar surface area (TPSA) is 9.23 Å². The maximum Gasteiger partial charge on any atom is 0.0589 e. The van der Waals surface area contributed by atoms with Crippen LogP contribution in [0.1, 0.15) is 49.1 Å². The molecule has 1 aliphatic heterocycles. The van der Waals surface area contributed by atoms with Gasteiger partial charge in [0.05, 0.1) is 6.10 Å². The molecule has 1 heterocycles. The van der Waals surface area contributed by atoms with Crippen LogP contribution in [0.15, 0.2) is 24.3 Å². The summed E-state index contributed by atoms with van der Waals surface area (Å²) in [6.45, 7) is 7.54. The molecule has 3 atom stereocenters. The normalized spacial score (nSPS) is 26.4. The average Bonchev–Trinajstić information content (AvgIpc) is 2.74. The Morgan fingerprint density at radius 2 is 1.76 bits per heavy atom. The van der Waals surface area contributed by atoms with E-state index in [0.29, 0.717) is 22.8 Å². The molecule has 0 aliphatic carbocycles. The van der Waals surface area contributed by atoms with Crippen molar-refractivity contribution < 1.29 is 4.74 Å². The van der Waals surface area contributed by atoms with Crippen LogP contribution in [0.2, 0.25) is 0 Å². The van der Waals surface area contributed by atoms with Gasteiger partial charge in [-0.1, -0.05) is 54.0 Å². The monoisotopic (exact) mass is 296 g/mol. The third-order valence-corrected chi connectivity index (χ3v) is 4.94. The van der Waals surface area contributed by atoms with Crippen LogP contribution in [0.3, 0.4) is 0 Å². The van der Waals surface area contributed by atoms with Crippen LogP contribution in [0.25, 0.3) is 0 Å². The highest BCUT2D eigenvalue weighted by atomic mass is 79.9. The van der Waals surface area contributed by atoms with Crippen molar-refractivity contribution in [3.63, 3.8) is 0 Å². The highest BCUT2D eigenvalue weighted by Crippen LogP contribution is 2.39. The first-order valence-corrected chi connectivity index (χ1v) is 7.36. The molecule has 1 saturated heterocycles. The van der Waals surface area contributed by atoms with Gasteiger partial charge in [0.25, 0.3) is 0 Å². The summed E-state index contributed by atoms with van der Waals surface area (Å²) in [4.78, 5) is 0.418. The summed E-state index contributed by atoms with van der Waals surface area (Å²) < 4.78 is 5.64. The predicted molar refractivity (Wildman–Crippen MR) is 75.7 cm³/mol. The average molecular weight is 297 g/mol. The molecule has 2 heteroatoms. The summed E-state index contributed by atoms with van der Waals surface area (Å²) in [5.41, 5.74) is 2.78. The van der Waals surface area contributed by atoms with E-state index in [0.717, 1.165) is 13.0 Å². The standard InChI is InChI=1S/C15H21BrO/c1-10(2)12-4-6-13(7-5-12)15(16)14-8-9-17-11(14)3/h4-7,10-11,14-15H,8-9H2,1-3H3. The molecule has 0 amide bonds.